The van der Waals surface area contributed by atoms with Crippen LogP contribution in [0.3, 0.4) is 0 Å². The maximum Gasteiger partial charge on any atom is 0.164 e. The van der Waals surface area contributed by atoms with Gasteiger partial charge in [0.15, 0.2) is 5.78 Å². The van der Waals surface area contributed by atoms with Crippen LogP contribution >= 0.6 is 0 Å². The number of hydrogen-bond donors (Lipinski definition) is 2. The molecule has 0 radical (unpaired) electrons. The van der Waals surface area contributed by atoms with Crippen LogP contribution < -0.4 is 5.32 Å². The minimum atomic E-state index is 0.101. The molecule has 1 aromatic rings. The molecule has 2 N–H and O–H groups in total. The van der Waals surface area contributed by atoms with Gasteiger partial charge >= 0.3 is 0 Å². The van der Waals surface area contributed by atoms with E-state index in [-0.39, 0.29) is 18.4 Å². The number of carbonyl (C=O) groups is 1. The summed E-state index contributed by atoms with van der Waals surface area (Å²) in [5.74, 6) is 0.133. The molecule has 0 fully saturated rings. The molecule has 0 heterocycles. The molecule has 15 heavy (non-hydrogen) atoms. The van der Waals surface area contributed by atoms with Crippen molar-refractivity contribution in [3.63, 3.8) is 0 Å². The van der Waals surface area contributed by atoms with Gasteiger partial charge in [0.25, 0.3) is 0 Å². The molecule has 1 rings (SSSR count). The van der Waals surface area contributed by atoms with Gasteiger partial charge in [-0.3, -0.25) is 4.79 Å². The van der Waals surface area contributed by atoms with Crippen LogP contribution in [0.4, 0.5) is 0 Å². The zero-order valence-electron chi connectivity index (χ0n) is 8.94. The molecule has 1 atom stereocenters. The summed E-state index contributed by atoms with van der Waals surface area (Å²) in [5, 5.41) is 11.7. The van der Waals surface area contributed by atoms with Crippen LogP contribution in [0.5, 0.6) is 0 Å². The van der Waals surface area contributed by atoms with E-state index >= 15 is 0 Å². The van der Waals surface area contributed by atoms with E-state index in [2.05, 4.69) is 5.32 Å². The van der Waals surface area contributed by atoms with Crippen molar-refractivity contribution in [3.8, 4) is 0 Å². The molecule has 0 bridgehead atoms. The molecule has 82 valence electrons. The number of aliphatic hydroxyl groups is 1. The van der Waals surface area contributed by atoms with Crippen molar-refractivity contribution >= 4 is 5.78 Å². The first kappa shape index (κ1) is 11.9. The van der Waals surface area contributed by atoms with Crippen molar-refractivity contribution in [2.45, 2.75) is 19.4 Å². The zero-order valence-corrected chi connectivity index (χ0v) is 8.94. The smallest absolute Gasteiger partial charge is 0.164 e. The van der Waals surface area contributed by atoms with Crippen molar-refractivity contribution in [2.24, 2.45) is 0 Å². The molecule has 1 unspecified atom stereocenters. The topological polar surface area (TPSA) is 49.3 Å². The molecule has 0 aliphatic carbocycles. The Kier molecular flexibility index (Phi) is 5.01. The zero-order chi connectivity index (χ0) is 11.1. The first-order valence-corrected chi connectivity index (χ1v) is 5.16. The average molecular weight is 207 g/mol. The number of carbonyl (C=O) groups excluding carboxylic acids is 1. The molecule has 0 aliphatic heterocycles. The summed E-state index contributed by atoms with van der Waals surface area (Å²) in [6.07, 6.45) is 0.462. The molecule has 0 amide bonds. The van der Waals surface area contributed by atoms with Crippen LogP contribution in [0, 0.1) is 0 Å². The Hall–Kier alpha value is -1.19. The van der Waals surface area contributed by atoms with E-state index in [0.29, 0.717) is 13.0 Å². The molecule has 3 heteroatoms. The Morgan fingerprint density at radius 3 is 2.67 bits per heavy atom. The van der Waals surface area contributed by atoms with E-state index in [0.717, 1.165) is 5.56 Å². The molecule has 3 nitrogen and oxygen atoms in total. The van der Waals surface area contributed by atoms with Gasteiger partial charge in [-0.25, -0.2) is 0 Å². The highest BCUT2D eigenvalue weighted by Crippen LogP contribution is 2.04. The second-order valence-electron chi connectivity index (χ2n) is 3.57. The Labute approximate surface area is 90.1 Å². The highest BCUT2D eigenvalue weighted by atomic mass is 16.3. The van der Waals surface area contributed by atoms with Gasteiger partial charge in [0.1, 0.15) is 0 Å². The highest BCUT2D eigenvalue weighted by Gasteiger charge is 2.09. The van der Waals surface area contributed by atoms with Crippen LogP contribution in [-0.4, -0.2) is 30.1 Å². The summed E-state index contributed by atoms with van der Waals surface area (Å²) >= 11 is 0. The number of aliphatic hydroxyl groups excluding tert-OH is 1. The fourth-order valence-electron chi connectivity index (χ4n) is 1.40. The maximum absolute atomic E-state index is 11.7. The van der Waals surface area contributed by atoms with E-state index < -0.39 is 0 Å². The van der Waals surface area contributed by atoms with E-state index in [1.54, 1.807) is 0 Å². The van der Waals surface area contributed by atoms with Gasteiger partial charge in [-0.15, -0.1) is 0 Å². The molecule has 0 saturated carbocycles. The number of rotatable bonds is 6. The lowest BCUT2D eigenvalue weighted by Crippen LogP contribution is -2.30. The van der Waals surface area contributed by atoms with Gasteiger partial charge in [0.2, 0.25) is 0 Å². The van der Waals surface area contributed by atoms with E-state index in [1.165, 1.54) is 0 Å². The van der Waals surface area contributed by atoms with Gasteiger partial charge in [0, 0.05) is 24.6 Å². The third-order valence-electron chi connectivity index (χ3n) is 2.19. The summed E-state index contributed by atoms with van der Waals surface area (Å²) in [4.78, 5) is 11.7. The van der Waals surface area contributed by atoms with Crippen molar-refractivity contribution in [2.75, 3.05) is 13.2 Å². The second-order valence-corrected chi connectivity index (χ2v) is 3.57. The average Bonchev–Trinajstić information content (AvgIpc) is 2.27. The van der Waals surface area contributed by atoms with Crippen LogP contribution in [0.15, 0.2) is 30.3 Å². The molecule has 0 aromatic heterocycles. The predicted molar refractivity (Wildman–Crippen MR) is 59.9 cm³/mol. The minimum absolute atomic E-state index is 0.101. The number of ketones is 1. The third-order valence-corrected chi connectivity index (χ3v) is 2.19. The van der Waals surface area contributed by atoms with Gasteiger partial charge < -0.3 is 10.4 Å². The fourth-order valence-corrected chi connectivity index (χ4v) is 1.40. The lowest BCUT2D eigenvalue weighted by Gasteiger charge is -2.11. The Morgan fingerprint density at radius 2 is 2.07 bits per heavy atom. The Balaban J connectivity index is 2.42. The van der Waals surface area contributed by atoms with E-state index in [1.807, 2.05) is 37.3 Å². The quantitative estimate of drug-likeness (QED) is 0.690. The fraction of sp³-hybridized carbons (Fsp3) is 0.417. The second kappa shape index (κ2) is 6.32. The first-order chi connectivity index (χ1) is 7.24. The highest BCUT2D eigenvalue weighted by molar-refractivity contribution is 5.96. The Morgan fingerprint density at radius 1 is 1.40 bits per heavy atom. The molecular weight excluding hydrogens is 190 g/mol. The predicted octanol–water partition coefficient (Wildman–Crippen LogP) is 1.23. The summed E-state index contributed by atoms with van der Waals surface area (Å²) in [5.41, 5.74) is 0.746. The third kappa shape index (κ3) is 4.23. The Bertz CT molecular complexity index is 298. The van der Waals surface area contributed by atoms with Crippen LogP contribution in [-0.2, 0) is 0 Å². The summed E-state index contributed by atoms with van der Waals surface area (Å²) in [7, 11) is 0. The minimum Gasteiger partial charge on any atom is -0.395 e. The molecular formula is C12H17NO2. The van der Waals surface area contributed by atoms with Crippen molar-refractivity contribution in [1.82, 2.24) is 5.32 Å². The van der Waals surface area contributed by atoms with Crippen molar-refractivity contribution < 1.29 is 9.90 Å². The van der Waals surface area contributed by atoms with E-state index in [4.69, 9.17) is 5.11 Å². The number of benzene rings is 1. The van der Waals surface area contributed by atoms with Gasteiger partial charge in [0.05, 0.1) is 6.61 Å². The maximum atomic E-state index is 11.7. The summed E-state index contributed by atoms with van der Waals surface area (Å²) < 4.78 is 0. The molecule has 0 saturated heterocycles. The van der Waals surface area contributed by atoms with E-state index in [9.17, 15) is 4.79 Å². The lowest BCUT2D eigenvalue weighted by molar-refractivity contribution is 0.0970. The van der Waals surface area contributed by atoms with Crippen LogP contribution in [0.25, 0.3) is 0 Å². The first-order valence-electron chi connectivity index (χ1n) is 5.16. The number of hydrogen-bond acceptors (Lipinski definition) is 3. The normalized spacial score (nSPS) is 12.4. The largest absolute Gasteiger partial charge is 0.395 e. The molecule has 1 aromatic carbocycles. The van der Waals surface area contributed by atoms with Crippen molar-refractivity contribution in [3.05, 3.63) is 35.9 Å². The standard InChI is InChI=1S/C12H17NO2/c1-10(13-7-8-14)9-12(15)11-5-3-2-4-6-11/h2-6,10,13-14H,7-9H2,1H3. The molecule has 0 aliphatic rings. The van der Waals surface area contributed by atoms with Gasteiger partial charge in [-0.1, -0.05) is 30.3 Å². The monoisotopic (exact) mass is 207 g/mol. The summed E-state index contributed by atoms with van der Waals surface area (Å²) in [6.45, 7) is 2.57. The molecule has 0 spiro atoms. The van der Waals surface area contributed by atoms with Crippen LogP contribution in [0.1, 0.15) is 23.7 Å². The van der Waals surface area contributed by atoms with Gasteiger partial charge in [-0.2, -0.15) is 0 Å². The van der Waals surface area contributed by atoms with Crippen molar-refractivity contribution in [1.29, 1.82) is 0 Å². The summed E-state index contributed by atoms with van der Waals surface area (Å²) in [6, 6.07) is 9.36. The number of Topliss-reactive ketones (excluding diaryl/α,β-unsaturated/α-hetero) is 1. The number of nitrogens with one attached hydrogen (secondary N) is 1. The van der Waals surface area contributed by atoms with Gasteiger partial charge in [-0.05, 0) is 6.92 Å². The van der Waals surface area contributed by atoms with Crippen LogP contribution in [0.2, 0.25) is 0 Å². The lowest BCUT2D eigenvalue weighted by atomic mass is 10.0. The SMILES string of the molecule is CC(CC(=O)c1ccccc1)NCCO.